The molecule has 9 heteroatoms. The maximum absolute atomic E-state index is 12.4. The highest BCUT2D eigenvalue weighted by atomic mass is 35.5. The lowest BCUT2D eigenvalue weighted by atomic mass is 10.1. The van der Waals surface area contributed by atoms with Gasteiger partial charge in [-0.2, -0.15) is 0 Å². The smallest absolute Gasteiger partial charge is 0.339 e. The van der Waals surface area contributed by atoms with Crippen LogP contribution in [0.3, 0.4) is 0 Å². The van der Waals surface area contributed by atoms with Crippen molar-refractivity contribution in [3.8, 4) is 11.4 Å². The number of hydrogen-bond acceptors (Lipinski definition) is 6. The van der Waals surface area contributed by atoms with Crippen molar-refractivity contribution < 1.29 is 14.3 Å². The van der Waals surface area contributed by atoms with Crippen LogP contribution >= 0.6 is 23.4 Å². The summed E-state index contributed by atoms with van der Waals surface area (Å²) >= 11 is 7.30. The number of ether oxygens (including phenoxy) is 1. The van der Waals surface area contributed by atoms with Gasteiger partial charge in [0.15, 0.2) is 11.0 Å². The van der Waals surface area contributed by atoms with Crippen LogP contribution in [0.25, 0.3) is 11.4 Å². The van der Waals surface area contributed by atoms with Gasteiger partial charge in [-0.15, -0.1) is 10.2 Å². The summed E-state index contributed by atoms with van der Waals surface area (Å²) in [6.07, 6.45) is 0. The lowest BCUT2D eigenvalue weighted by molar-refractivity contribution is -0.113. The van der Waals surface area contributed by atoms with Gasteiger partial charge < -0.3 is 14.6 Å². The number of benzene rings is 2. The standard InChI is InChI=1S/C21H21ClN4O3S/c1-4-26-19(14-7-5-13(2)6-8-14)24-25-21(26)30-12-18(27)23-15-9-10-17(22)16(11-15)20(28)29-3/h5-11H,4,12H2,1-3H3,(H,23,27). The maximum atomic E-state index is 12.4. The Kier molecular flexibility index (Phi) is 7.12. The molecule has 0 radical (unpaired) electrons. The van der Waals surface area contributed by atoms with Crippen LogP contribution in [0, 0.1) is 6.92 Å². The third-order valence-corrected chi connectivity index (χ3v) is 5.63. The minimum atomic E-state index is -0.565. The number of rotatable bonds is 7. The molecular weight excluding hydrogens is 424 g/mol. The van der Waals surface area contributed by atoms with Gasteiger partial charge in [0.05, 0.1) is 23.4 Å². The predicted molar refractivity (Wildman–Crippen MR) is 118 cm³/mol. The van der Waals surface area contributed by atoms with Gasteiger partial charge in [-0.1, -0.05) is 53.2 Å². The summed E-state index contributed by atoms with van der Waals surface area (Å²) < 4.78 is 6.67. The molecule has 0 bridgehead atoms. The van der Waals surface area contributed by atoms with Crippen LogP contribution in [0.5, 0.6) is 0 Å². The zero-order valence-electron chi connectivity index (χ0n) is 16.8. The Morgan fingerprint density at radius 2 is 1.90 bits per heavy atom. The fourth-order valence-electron chi connectivity index (χ4n) is 2.79. The summed E-state index contributed by atoms with van der Waals surface area (Å²) in [5.41, 5.74) is 2.80. The van der Waals surface area contributed by atoms with Gasteiger partial charge in [0, 0.05) is 17.8 Å². The van der Waals surface area contributed by atoms with E-state index in [1.807, 2.05) is 42.7 Å². The Bertz CT molecular complexity index is 1070. The molecule has 0 aliphatic carbocycles. The molecule has 1 heterocycles. The van der Waals surface area contributed by atoms with E-state index in [0.717, 1.165) is 11.4 Å². The molecule has 0 atom stereocenters. The topological polar surface area (TPSA) is 86.1 Å². The number of carbonyl (C=O) groups excluding carboxylic acids is 2. The lowest BCUT2D eigenvalue weighted by Gasteiger charge is -2.09. The molecule has 156 valence electrons. The Morgan fingerprint density at radius 1 is 1.17 bits per heavy atom. The van der Waals surface area contributed by atoms with Crippen LogP contribution in [-0.4, -0.2) is 39.5 Å². The summed E-state index contributed by atoms with van der Waals surface area (Å²) in [5.74, 6) is 0.106. The molecule has 0 aliphatic rings. The summed E-state index contributed by atoms with van der Waals surface area (Å²) in [4.78, 5) is 24.1. The first-order chi connectivity index (χ1) is 14.4. The van der Waals surface area contributed by atoms with Crippen LogP contribution < -0.4 is 5.32 Å². The number of aryl methyl sites for hydroxylation is 1. The Morgan fingerprint density at radius 3 is 2.57 bits per heavy atom. The van der Waals surface area contributed by atoms with E-state index < -0.39 is 5.97 Å². The van der Waals surface area contributed by atoms with E-state index in [4.69, 9.17) is 16.3 Å². The number of amides is 1. The molecule has 3 aromatic rings. The van der Waals surface area contributed by atoms with E-state index in [1.165, 1.54) is 36.6 Å². The number of carbonyl (C=O) groups is 2. The summed E-state index contributed by atoms with van der Waals surface area (Å²) in [6.45, 7) is 4.72. The van der Waals surface area contributed by atoms with Crippen molar-refractivity contribution in [3.05, 3.63) is 58.6 Å². The maximum Gasteiger partial charge on any atom is 0.339 e. The zero-order chi connectivity index (χ0) is 21.7. The average Bonchev–Trinajstić information content (AvgIpc) is 3.16. The monoisotopic (exact) mass is 444 g/mol. The van der Waals surface area contributed by atoms with E-state index in [2.05, 4.69) is 15.5 Å². The fraction of sp³-hybridized carbons (Fsp3) is 0.238. The van der Waals surface area contributed by atoms with Crippen LogP contribution in [-0.2, 0) is 16.1 Å². The third-order valence-electron chi connectivity index (χ3n) is 4.33. The Balaban J connectivity index is 1.68. The fourth-order valence-corrected chi connectivity index (χ4v) is 3.79. The second-order valence-corrected chi connectivity index (χ2v) is 7.79. The van der Waals surface area contributed by atoms with Gasteiger partial charge in [-0.05, 0) is 32.0 Å². The molecule has 2 aromatic carbocycles. The van der Waals surface area contributed by atoms with Crippen molar-refractivity contribution in [2.45, 2.75) is 25.5 Å². The molecule has 30 heavy (non-hydrogen) atoms. The lowest BCUT2D eigenvalue weighted by Crippen LogP contribution is -2.15. The van der Waals surface area contributed by atoms with Gasteiger partial charge in [0.25, 0.3) is 0 Å². The molecule has 0 spiro atoms. The van der Waals surface area contributed by atoms with Crippen molar-refractivity contribution in [1.82, 2.24) is 14.8 Å². The van der Waals surface area contributed by atoms with Crippen molar-refractivity contribution in [2.75, 3.05) is 18.2 Å². The highest BCUT2D eigenvalue weighted by Gasteiger charge is 2.16. The number of thioether (sulfide) groups is 1. The molecular formula is C21H21ClN4O3S. The third kappa shape index (κ3) is 5.01. The summed E-state index contributed by atoms with van der Waals surface area (Å²) in [6, 6.07) is 12.7. The van der Waals surface area contributed by atoms with Gasteiger partial charge >= 0.3 is 5.97 Å². The SMILES string of the molecule is CCn1c(SCC(=O)Nc2ccc(Cl)c(C(=O)OC)c2)nnc1-c1ccc(C)cc1. The molecule has 1 aromatic heterocycles. The number of halogens is 1. The van der Waals surface area contributed by atoms with Crippen molar-refractivity contribution in [3.63, 3.8) is 0 Å². The van der Waals surface area contributed by atoms with Gasteiger partial charge in [0.1, 0.15) is 0 Å². The number of anilines is 1. The first-order valence-electron chi connectivity index (χ1n) is 9.23. The molecule has 7 nitrogen and oxygen atoms in total. The first kappa shape index (κ1) is 21.9. The molecule has 3 rings (SSSR count). The second kappa shape index (κ2) is 9.77. The van der Waals surface area contributed by atoms with E-state index in [0.29, 0.717) is 17.4 Å². The first-order valence-corrected chi connectivity index (χ1v) is 10.6. The van der Waals surface area contributed by atoms with Crippen LogP contribution in [0.4, 0.5) is 5.69 Å². The normalized spacial score (nSPS) is 10.7. The minimum Gasteiger partial charge on any atom is -0.465 e. The van der Waals surface area contributed by atoms with E-state index in [-0.39, 0.29) is 22.2 Å². The summed E-state index contributed by atoms with van der Waals surface area (Å²) in [7, 11) is 1.27. The largest absolute Gasteiger partial charge is 0.465 e. The molecule has 0 saturated heterocycles. The molecule has 0 saturated carbocycles. The molecule has 0 aliphatic heterocycles. The minimum absolute atomic E-state index is 0.141. The quantitative estimate of drug-likeness (QED) is 0.428. The second-order valence-electron chi connectivity index (χ2n) is 6.44. The number of esters is 1. The molecule has 0 unspecified atom stereocenters. The molecule has 1 amide bonds. The predicted octanol–water partition coefficient (Wildman–Crippen LogP) is 4.44. The van der Waals surface area contributed by atoms with Crippen molar-refractivity contribution >= 4 is 40.9 Å². The number of nitrogens with one attached hydrogen (secondary N) is 1. The number of nitrogens with zero attached hydrogens (tertiary/aromatic N) is 3. The average molecular weight is 445 g/mol. The van der Waals surface area contributed by atoms with Crippen molar-refractivity contribution in [2.24, 2.45) is 0 Å². The van der Waals surface area contributed by atoms with Gasteiger partial charge in [-0.25, -0.2) is 4.79 Å². The molecule has 0 fully saturated rings. The highest BCUT2D eigenvalue weighted by molar-refractivity contribution is 7.99. The number of aromatic nitrogens is 3. The van der Waals surface area contributed by atoms with Crippen LogP contribution in [0.2, 0.25) is 5.02 Å². The Labute approximate surface area is 183 Å². The Hall–Kier alpha value is -2.84. The van der Waals surface area contributed by atoms with Crippen LogP contribution in [0.15, 0.2) is 47.6 Å². The van der Waals surface area contributed by atoms with Crippen molar-refractivity contribution in [1.29, 1.82) is 0 Å². The van der Waals surface area contributed by atoms with E-state index >= 15 is 0 Å². The number of methoxy groups -OCH3 is 1. The number of hydrogen-bond donors (Lipinski definition) is 1. The van der Waals surface area contributed by atoms with E-state index in [1.54, 1.807) is 6.07 Å². The molecule has 1 N–H and O–H groups in total. The zero-order valence-corrected chi connectivity index (χ0v) is 18.4. The van der Waals surface area contributed by atoms with Gasteiger partial charge in [0.2, 0.25) is 5.91 Å². The highest BCUT2D eigenvalue weighted by Crippen LogP contribution is 2.25. The van der Waals surface area contributed by atoms with Crippen LogP contribution in [0.1, 0.15) is 22.8 Å². The van der Waals surface area contributed by atoms with E-state index in [9.17, 15) is 9.59 Å². The van der Waals surface area contributed by atoms with Gasteiger partial charge in [-0.3, -0.25) is 4.79 Å². The summed E-state index contributed by atoms with van der Waals surface area (Å²) in [5, 5.41) is 12.2.